The van der Waals surface area contributed by atoms with E-state index in [1.54, 1.807) is 0 Å². The van der Waals surface area contributed by atoms with Gasteiger partial charge in [-0.2, -0.15) is 0 Å². The lowest BCUT2D eigenvalue weighted by Crippen LogP contribution is -2.24. The highest BCUT2D eigenvalue weighted by molar-refractivity contribution is 7.90. The van der Waals surface area contributed by atoms with Crippen LogP contribution in [0.2, 0.25) is 5.02 Å². The third kappa shape index (κ3) is 6.10. The Morgan fingerprint density at radius 1 is 1.25 bits per heavy atom. The molecule has 0 atom stereocenters. The average molecular weight is 437 g/mol. The number of halogens is 4. The van der Waals surface area contributed by atoms with Crippen LogP contribution in [-0.4, -0.2) is 32.2 Å². The van der Waals surface area contributed by atoms with Crippen molar-refractivity contribution in [3.63, 3.8) is 0 Å². The van der Waals surface area contributed by atoms with Crippen LogP contribution in [0.1, 0.15) is 29.3 Å². The summed E-state index contributed by atoms with van der Waals surface area (Å²) in [5, 5.41) is 2.55. The molecule has 2 rings (SSSR count). The Bertz CT molecular complexity index is 965. The van der Waals surface area contributed by atoms with Crippen molar-refractivity contribution >= 4 is 27.3 Å². The van der Waals surface area contributed by atoms with Gasteiger partial charge < -0.3 is 10.1 Å². The standard InChI is InChI=1S/C17H16ClF3N2O4S/c1-2-5-23-16(24)12-6-11(8-22-9-12)10-28(25,26)15-7-13(18)3-4-14(15)27-17(19,20)21/h3-4,6-9H,2,5,10H2,1H3,(H,23,24). The number of aromatic nitrogens is 1. The zero-order valence-corrected chi connectivity index (χ0v) is 16.2. The summed E-state index contributed by atoms with van der Waals surface area (Å²) in [6.07, 6.45) is -1.89. The summed E-state index contributed by atoms with van der Waals surface area (Å²) in [5.41, 5.74) is 0.265. The second-order valence-corrected chi connectivity index (χ2v) is 8.13. The molecule has 11 heteroatoms. The molecule has 0 unspecified atom stereocenters. The van der Waals surface area contributed by atoms with Gasteiger partial charge in [-0.3, -0.25) is 9.78 Å². The lowest BCUT2D eigenvalue weighted by atomic mass is 10.2. The Labute approximate surface area is 164 Å². The van der Waals surface area contributed by atoms with E-state index in [-0.39, 0.29) is 16.1 Å². The molecule has 0 aliphatic carbocycles. The van der Waals surface area contributed by atoms with Crippen LogP contribution < -0.4 is 10.1 Å². The minimum atomic E-state index is -5.07. The Hall–Kier alpha value is -2.33. The topological polar surface area (TPSA) is 85.4 Å². The predicted octanol–water partition coefficient (Wildman–Crippen LogP) is 3.75. The summed E-state index contributed by atoms with van der Waals surface area (Å²) >= 11 is 5.75. The number of hydrogen-bond acceptors (Lipinski definition) is 5. The molecule has 152 valence electrons. The van der Waals surface area contributed by atoms with E-state index in [1.807, 2.05) is 6.92 Å². The van der Waals surface area contributed by atoms with Crippen molar-refractivity contribution in [3.05, 3.63) is 52.8 Å². The first-order valence-corrected chi connectivity index (χ1v) is 10.0. The minimum Gasteiger partial charge on any atom is -0.404 e. The smallest absolute Gasteiger partial charge is 0.404 e. The lowest BCUT2D eigenvalue weighted by Gasteiger charge is -2.14. The summed E-state index contributed by atoms with van der Waals surface area (Å²) in [5.74, 6) is -2.01. The fourth-order valence-corrected chi connectivity index (χ4v) is 3.97. The van der Waals surface area contributed by atoms with Gasteiger partial charge in [0.2, 0.25) is 0 Å². The van der Waals surface area contributed by atoms with E-state index in [2.05, 4.69) is 15.0 Å². The molecule has 1 aromatic heterocycles. The number of carbonyl (C=O) groups excluding carboxylic acids is 1. The zero-order valence-electron chi connectivity index (χ0n) is 14.6. The number of hydrogen-bond donors (Lipinski definition) is 1. The number of carbonyl (C=O) groups is 1. The highest BCUT2D eigenvalue weighted by Crippen LogP contribution is 2.33. The van der Waals surface area contributed by atoms with E-state index >= 15 is 0 Å². The van der Waals surface area contributed by atoms with Gasteiger partial charge in [0.15, 0.2) is 9.84 Å². The highest BCUT2D eigenvalue weighted by atomic mass is 35.5. The Balaban J connectivity index is 2.34. The molecular formula is C17H16ClF3N2O4S. The van der Waals surface area contributed by atoms with Gasteiger partial charge >= 0.3 is 6.36 Å². The minimum absolute atomic E-state index is 0.0704. The largest absolute Gasteiger partial charge is 0.573 e. The first-order chi connectivity index (χ1) is 13.0. The van der Waals surface area contributed by atoms with Gasteiger partial charge in [0.25, 0.3) is 5.91 Å². The maximum Gasteiger partial charge on any atom is 0.573 e. The van der Waals surface area contributed by atoms with E-state index in [1.165, 1.54) is 18.5 Å². The summed E-state index contributed by atoms with van der Waals surface area (Å²) < 4.78 is 66.9. The van der Waals surface area contributed by atoms with E-state index in [0.717, 1.165) is 18.2 Å². The molecule has 0 aliphatic heterocycles. The molecule has 0 saturated heterocycles. The van der Waals surface area contributed by atoms with E-state index in [9.17, 15) is 26.4 Å². The SMILES string of the molecule is CCCNC(=O)c1cncc(CS(=O)(=O)c2cc(Cl)ccc2OC(F)(F)F)c1. The number of amides is 1. The Kier molecular flexibility index (Phi) is 6.89. The van der Waals surface area contributed by atoms with Crippen LogP contribution in [0.5, 0.6) is 5.75 Å². The monoisotopic (exact) mass is 436 g/mol. The summed E-state index contributed by atoms with van der Waals surface area (Å²) in [6, 6.07) is 4.10. The number of sulfone groups is 1. The van der Waals surface area contributed by atoms with Crippen molar-refractivity contribution in [1.82, 2.24) is 10.3 Å². The van der Waals surface area contributed by atoms with Crippen molar-refractivity contribution < 1.29 is 31.1 Å². The van der Waals surface area contributed by atoms with Crippen LogP contribution in [0.25, 0.3) is 0 Å². The summed E-state index contributed by atoms with van der Waals surface area (Å²) in [6.45, 7) is 2.30. The number of benzene rings is 1. The van der Waals surface area contributed by atoms with Crippen molar-refractivity contribution in [2.75, 3.05) is 6.54 Å². The average Bonchev–Trinajstić information content (AvgIpc) is 2.59. The third-order valence-corrected chi connectivity index (χ3v) is 5.35. The molecule has 2 aromatic rings. The normalized spacial score (nSPS) is 11.9. The van der Waals surface area contributed by atoms with Crippen LogP contribution in [0.15, 0.2) is 41.6 Å². The Morgan fingerprint density at radius 3 is 2.61 bits per heavy atom. The molecule has 1 heterocycles. The molecule has 1 aromatic carbocycles. The molecule has 0 spiro atoms. The second-order valence-electron chi connectivity index (χ2n) is 5.74. The van der Waals surface area contributed by atoms with Crippen molar-refractivity contribution in [3.8, 4) is 5.75 Å². The lowest BCUT2D eigenvalue weighted by molar-refractivity contribution is -0.275. The molecule has 0 aliphatic rings. The maximum absolute atomic E-state index is 12.7. The van der Waals surface area contributed by atoms with Crippen LogP contribution in [0, 0.1) is 0 Å². The predicted molar refractivity (Wildman–Crippen MR) is 95.9 cm³/mol. The molecule has 0 saturated carbocycles. The number of alkyl halides is 3. The van der Waals surface area contributed by atoms with E-state index in [0.29, 0.717) is 13.0 Å². The van der Waals surface area contributed by atoms with Gasteiger partial charge in [-0.1, -0.05) is 18.5 Å². The Morgan fingerprint density at radius 2 is 1.96 bits per heavy atom. The van der Waals surface area contributed by atoms with Crippen molar-refractivity contribution in [2.24, 2.45) is 0 Å². The molecule has 0 fully saturated rings. The van der Waals surface area contributed by atoms with Gasteiger partial charge in [-0.15, -0.1) is 13.2 Å². The summed E-state index contributed by atoms with van der Waals surface area (Å²) in [7, 11) is -4.28. The first-order valence-electron chi connectivity index (χ1n) is 8.02. The zero-order chi connectivity index (χ0) is 20.9. The second kappa shape index (κ2) is 8.78. The number of ether oxygens (including phenoxy) is 1. The van der Waals surface area contributed by atoms with E-state index in [4.69, 9.17) is 11.6 Å². The highest BCUT2D eigenvalue weighted by Gasteiger charge is 2.34. The molecular weight excluding hydrogens is 421 g/mol. The molecule has 1 N–H and O–H groups in total. The van der Waals surface area contributed by atoms with Crippen molar-refractivity contribution in [1.29, 1.82) is 0 Å². The number of nitrogens with zero attached hydrogens (tertiary/aromatic N) is 1. The molecule has 6 nitrogen and oxygen atoms in total. The quantitative estimate of drug-likeness (QED) is 0.714. The van der Waals surface area contributed by atoms with Gasteiger partial charge in [0, 0.05) is 24.0 Å². The molecule has 28 heavy (non-hydrogen) atoms. The summed E-state index contributed by atoms with van der Waals surface area (Å²) in [4.78, 5) is 15.1. The van der Waals surface area contributed by atoms with Gasteiger partial charge in [-0.05, 0) is 36.2 Å². The fourth-order valence-electron chi connectivity index (χ4n) is 2.26. The molecule has 0 radical (unpaired) electrons. The van der Waals surface area contributed by atoms with Crippen LogP contribution in [0.3, 0.4) is 0 Å². The van der Waals surface area contributed by atoms with E-state index < -0.39 is 38.5 Å². The first kappa shape index (κ1) is 22.0. The fraction of sp³-hybridized carbons (Fsp3) is 0.294. The van der Waals surface area contributed by atoms with Crippen LogP contribution in [-0.2, 0) is 15.6 Å². The van der Waals surface area contributed by atoms with Crippen LogP contribution >= 0.6 is 11.6 Å². The van der Waals surface area contributed by atoms with Gasteiger partial charge in [-0.25, -0.2) is 8.42 Å². The van der Waals surface area contributed by atoms with Crippen LogP contribution in [0.4, 0.5) is 13.2 Å². The third-order valence-electron chi connectivity index (χ3n) is 3.42. The van der Waals surface area contributed by atoms with Gasteiger partial charge in [0.05, 0.1) is 11.3 Å². The number of pyridine rings is 1. The number of rotatable bonds is 7. The van der Waals surface area contributed by atoms with Crippen molar-refractivity contribution in [2.45, 2.75) is 30.4 Å². The van der Waals surface area contributed by atoms with Gasteiger partial charge in [0.1, 0.15) is 10.6 Å². The molecule has 0 bridgehead atoms. The maximum atomic E-state index is 12.7. The molecule has 1 amide bonds. The number of nitrogens with one attached hydrogen (secondary N) is 1.